The van der Waals surface area contributed by atoms with Crippen LogP contribution < -0.4 is 9.64 Å². The Morgan fingerprint density at radius 1 is 1.06 bits per heavy atom. The van der Waals surface area contributed by atoms with E-state index >= 15 is 0 Å². The first kappa shape index (κ1) is 20.7. The predicted molar refractivity (Wildman–Crippen MR) is 112 cm³/mol. The highest BCUT2D eigenvalue weighted by atomic mass is 79.9. The number of halogens is 1. The molecule has 0 saturated heterocycles. The summed E-state index contributed by atoms with van der Waals surface area (Å²) in [5, 5.41) is 5.15. The molecule has 4 rings (SSSR count). The number of hydrogen-bond acceptors (Lipinski definition) is 7. The molecule has 10 heteroatoms. The van der Waals surface area contributed by atoms with Gasteiger partial charge in [-0.1, -0.05) is 28.1 Å². The summed E-state index contributed by atoms with van der Waals surface area (Å²) in [5.41, 5.74) is -1.17. The summed E-state index contributed by atoms with van der Waals surface area (Å²) in [7, 11) is 0. The van der Waals surface area contributed by atoms with Crippen LogP contribution in [-0.2, 0) is 29.6 Å². The molecule has 158 valence electrons. The third-order valence-corrected chi connectivity index (χ3v) is 5.27. The van der Waals surface area contributed by atoms with Gasteiger partial charge < -0.3 is 9.47 Å². The molecule has 2 aromatic carbocycles. The predicted octanol–water partition coefficient (Wildman–Crippen LogP) is 2.66. The van der Waals surface area contributed by atoms with E-state index in [0.29, 0.717) is 4.47 Å². The number of fused-ring (bicyclic) bond motifs is 2. The quantitative estimate of drug-likeness (QED) is 0.478. The van der Waals surface area contributed by atoms with Gasteiger partial charge in [-0.25, -0.2) is 4.90 Å². The van der Waals surface area contributed by atoms with E-state index in [1.807, 2.05) is 0 Å². The fourth-order valence-corrected chi connectivity index (χ4v) is 3.98. The van der Waals surface area contributed by atoms with Gasteiger partial charge in [0, 0.05) is 25.2 Å². The van der Waals surface area contributed by atoms with Crippen LogP contribution in [0, 0.1) is 0 Å². The van der Waals surface area contributed by atoms with E-state index in [9.17, 15) is 19.2 Å². The molecule has 0 saturated carbocycles. The Kier molecular flexibility index (Phi) is 4.89. The lowest BCUT2D eigenvalue weighted by Crippen LogP contribution is -2.52. The molecule has 31 heavy (non-hydrogen) atoms. The van der Waals surface area contributed by atoms with Crippen LogP contribution in [0.4, 0.5) is 5.69 Å². The Hall–Kier alpha value is -3.53. The molecule has 0 fully saturated rings. The van der Waals surface area contributed by atoms with Crippen LogP contribution in [0.15, 0.2) is 52.0 Å². The smallest absolute Gasteiger partial charge is 0.314 e. The molecule has 0 bridgehead atoms. The standard InChI is InChI=1S/C21H16BrN3O6/c1-11(26)24-17-9-8-14(22)10-16(17)21(20(24)29)25(12(2)27)23-19(31-21)15-6-4-5-7-18(15)30-13(3)28/h4-10H,1-3H3. The Bertz CT molecular complexity index is 1190. The number of hydrogen-bond donors (Lipinski definition) is 0. The molecule has 0 aliphatic carbocycles. The van der Waals surface area contributed by atoms with Crippen molar-refractivity contribution >= 4 is 51.2 Å². The fraction of sp³-hybridized carbons (Fsp3) is 0.190. The second kappa shape index (κ2) is 7.31. The molecule has 0 aromatic heterocycles. The third kappa shape index (κ3) is 3.10. The number of anilines is 1. The number of benzene rings is 2. The Morgan fingerprint density at radius 3 is 2.42 bits per heavy atom. The van der Waals surface area contributed by atoms with E-state index in [0.717, 1.165) is 9.91 Å². The summed E-state index contributed by atoms with van der Waals surface area (Å²) < 4.78 is 11.9. The first-order valence-electron chi connectivity index (χ1n) is 9.18. The monoisotopic (exact) mass is 485 g/mol. The molecular formula is C21H16BrN3O6. The van der Waals surface area contributed by atoms with E-state index in [2.05, 4.69) is 21.0 Å². The molecule has 1 spiro atoms. The largest absolute Gasteiger partial charge is 0.433 e. The second-order valence-corrected chi connectivity index (χ2v) is 7.81. The highest BCUT2D eigenvalue weighted by Crippen LogP contribution is 2.49. The van der Waals surface area contributed by atoms with Crippen molar-refractivity contribution in [1.29, 1.82) is 0 Å². The van der Waals surface area contributed by atoms with Crippen molar-refractivity contribution < 1.29 is 28.7 Å². The third-order valence-electron chi connectivity index (χ3n) is 4.78. The second-order valence-electron chi connectivity index (χ2n) is 6.89. The molecular weight excluding hydrogens is 470 g/mol. The minimum atomic E-state index is -2.00. The fourth-order valence-electron chi connectivity index (χ4n) is 3.62. The van der Waals surface area contributed by atoms with Gasteiger partial charge in [0.2, 0.25) is 17.7 Å². The normalized spacial score (nSPS) is 19.2. The number of rotatable bonds is 2. The number of esters is 1. The summed E-state index contributed by atoms with van der Waals surface area (Å²) in [6.07, 6.45) is 0. The molecule has 3 amide bonds. The Balaban J connectivity index is 1.91. The number of ether oxygens (including phenoxy) is 2. The first-order valence-corrected chi connectivity index (χ1v) is 9.97. The Labute approximate surface area is 185 Å². The molecule has 2 aliphatic heterocycles. The lowest BCUT2D eigenvalue weighted by molar-refractivity contribution is -0.162. The van der Waals surface area contributed by atoms with Gasteiger partial charge in [-0.05, 0) is 30.3 Å². The average molecular weight is 486 g/mol. The van der Waals surface area contributed by atoms with E-state index in [4.69, 9.17) is 9.47 Å². The van der Waals surface area contributed by atoms with Crippen LogP contribution in [0.25, 0.3) is 0 Å². The van der Waals surface area contributed by atoms with Crippen molar-refractivity contribution in [2.24, 2.45) is 5.10 Å². The molecule has 1 atom stereocenters. The van der Waals surface area contributed by atoms with Crippen LogP contribution in [-0.4, -0.2) is 34.6 Å². The molecule has 2 heterocycles. The van der Waals surface area contributed by atoms with E-state index in [1.54, 1.807) is 36.4 Å². The van der Waals surface area contributed by atoms with Gasteiger partial charge in [0.25, 0.3) is 0 Å². The lowest BCUT2D eigenvalue weighted by Gasteiger charge is -2.29. The van der Waals surface area contributed by atoms with Crippen molar-refractivity contribution in [3.05, 3.63) is 58.1 Å². The minimum absolute atomic E-state index is 0.100. The highest BCUT2D eigenvalue weighted by molar-refractivity contribution is 9.10. The number of nitrogens with zero attached hydrogens (tertiary/aromatic N) is 3. The van der Waals surface area contributed by atoms with Gasteiger partial charge in [0.1, 0.15) is 5.75 Å². The lowest BCUT2D eigenvalue weighted by atomic mass is 10.0. The van der Waals surface area contributed by atoms with E-state index < -0.39 is 29.4 Å². The summed E-state index contributed by atoms with van der Waals surface area (Å²) in [6, 6.07) is 11.3. The SMILES string of the molecule is CC(=O)Oc1ccccc1C1=NN(C(C)=O)C2(O1)C(=O)N(C(C)=O)c1ccc(Br)cc12. The number of carbonyl (C=O) groups is 4. The Morgan fingerprint density at radius 2 is 1.77 bits per heavy atom. The van der Waals surface area contributed by atoms with E-state index in [1.165, 1.54) is 26.8 Å². The summed E-state index contributed by atoms with van der Waals surface area (Å²) in [6.45, 7) is 3.72. The molecule has 2 aromatic rings. The zero-order valence-electron chi connectivity index (χ0n) is 16.7. The van der Waals surface area contributed by atoms with Gasteiger partial charge in [-0.15, -0.1) is 5.10 Å². The molecule has 9 nitrogen and oxygen atoms in total. The molecule has 0 radical (unpaired) electrons. The van der Waals surface area contributed by atoms with Crippen molar-refractivity contribution in [3.8, 4) is 5.75 Å². The van der Waals surface area contributed by atoms with Gasteiger partial charge >= 0.3 is 17.6 Å². The van der Waals surface area contributed by atoms with Crippen LogP contribution in [0.2, 0.25) is 0 Å². The number of amides is 3. The number of hydrazone groups is 1. The van der Waals surface area contributed by atoms with Crippen LogP contribution in [0.1, 0.15) is 31.9 Å². The maximum Gasteiger partial charge on any atom is 0.314 e. The summed E-state index contributed by atoms with van der Waals surface area (Å²) in [4.78, 5) is 50.8. The maximum atomic E-state index is 13.5. The average Bonchev–Trinajstić information content (AvgIpc) is 3.20. The van der Waals surface area contributed by atoms with Crippen LogP contribution in [0.3, 0.4) is 0 Å². The van der Waals surface area contributed by atoms with Crippen LogP contribution >= 0.6 is 15.9 Å². The zero-order valence-corrected chi connectivity index (χ0v) is 18.3. The van der Waals surface area contributed by atoms with E-state index in [-0.39, 0.29) is 28.5 Å². The summed E-state index contributed by atoms with van der Waals surface area (Å²) in [5.74, 6) is -2.39. The van der Waals surface area contributed by atoms with Gasteiger partial charge in [0.05, 0.1) is 16.8 Å². The van der Waals surface area contributed by atoms with Gasteiger partial charge in [-0.2, -0.15) is 5.01 Å². The zero-order chi connectivity index (χ0) is 22.5. The molecule has 0 N–H and O–H groups in total. The summed E-state index contributed by atoms with van der Waals surface area (Å²) >= 11 is 3.36. The topological polar surface area (TPSA) is 106 Å². The van der Waals surface area contributed by atoms with Crippen molar-refractivity contribution in [2.45, 2.75) is 26.5 Å². The number of para-hydroxylation sites is 1. The van der Waals surface area contributed by atoms with Crippen molar-refractivity contribution in [3.63, 3.8) is 0 Å². The first-order chi connectivity index (χ1) is 14.7. The number of carbonyl (C=O) groups excluding carboxylic acids is 4. The molecule has 2 aliphatic rings. The molecule has 1 unspecified atom stereocenters. The van der Waals surface area contributed by atoms with Crippen LogP contribution in [0.5, 0.6) is 5.75 Å². The number of imide groups is 1. The maximum absolute atomic E-state index is 13.5. The van der Waals surface area contributed by atoms with Gasteiger partial charge in [0.15, 0.2) is 0 Å². The highest BCUT2D eigenvalue weighted by Gasteiger charge is 2.63. The minimum Gasteiger partial charge on any atom is -0.433 e. The van der Waals surface area contributed by atoms with Gasteiger partial charge in [-0.3, -0.25) is 19.2 Å². The van der Waals surface area contributed by atoms with Crippen molar-refractivity contribution in [2.75, 3.05) is 4.90 Å². The van der Waals surface area contributed by atoms with Crippen molar-refractivity contribution in [1.82, 2.24) is 5.01 Å².